The number of carbonyl (C=O) groups excluding carboxylic acids is 1. The highest BCUT2D eigenvalue weighted by molar-refractivity contribution is 5.73. The Labute approximate surface area is 153 Å². The molecule has 0 unspecified atom stereocenters. The van der Waals surface area contributed by atoms with Crippen molar-refractivity contribution in [1.29, 1.82) is 0 Å². The van der Waals surface area contributed by atoms with Gasteiger partial charge in [-0.25, -0.2) is 4.79 Å². The maximum absolute atomic E-state index is 11.9. The molecule has 1 heterocycles. The van der Waals surface area contributed by atoms with Crippen LogP contribution >= 0.6 is 0 Å². The molecule has 0 aromatic heterocycles. The lowest BCUT2D eigenvalue weighted by atomic mass is 10.1. The number of nitrogens with one attached hydrogen (secondary N) is 2. The lowest BCUT2D eigenvalue weighted by molar-refractivity contribution is 0.171. The number of fused-ring (bicyclic) bond motifs is 1. The van der Waals surface area contributed by atoms with Gasteiger partial charge in [-0.1, -0.05) is 18.2 Å². The van der Waals surface area contributed by atoms with Crippen LogP contribution in [-0.2, 0) is 12.8 Å². The minimum atomic E-state index is -0.156. The Balaban J connectivity index is 1.35. The van der Waals surface area contributed by atoms with Gasteiger partial charge >= 0.3 is 6.03 Å². The quantitative estimate of drug-likeness (QED) is 0.800. The molecule has 2 amide bonds. The predicted molar refractivity (Wildman–Crippen MR) is 99.2 cm³/mol. The minimum absolute atomic E-state index is 0.156. The van der Waals surface area contributed by atoms with Crippen LogP contribution in [0.4, 0.5) is 4.79 Å². The Bertz CT molecular complexity index is 731. The molecule has 3 rings (SSSR count). The summed E-state index contributed by atoms with van der Waals surface area (Å²) in [6, 6.07) is 13.6. The Morgan fingerprint density at radius 1 is 0.923 bits per heavy atom. The molecule has 0 radical (unpaired) electrons. The van der Waals surface area contributed by atoms with Crippen molar-refractivity contribution in [3.8, 4) is 17.2 Å². The van der Waals surface area contributed by atoms with Crippen LogP contribution < -0.4 is 24.8 Å². The van der Waals surface area contributed by atoms with Gasteiger partial charge in [0.1, 0.15) is 19.0 Å². The first-order valence-corrected chi connectivity index (χ1v) is 8.78. The smallest absolute Gasteiger partial charge is 0.314 e. The Hall–Kier alpha value is -2.89. The second kappa shape index (κ2) is 8.99. The monoisotopic (exact) mass is 356 g/mol. The summed E-state index contributed by atoms with van der Waals surface area (Å²) in [6.45, 7) is 2.31. The molecule has 0 aliphatic carbocycles. The summed E-state index contributed by atoms with van der Waals surface area (Å²) in [4.78, 5) is 11.9. The van der Waals surface area contributed by atoms with Gasteiger partial charge in [0.25, 0.3) is 0 Å². The van der Waals surface area contributed by atoms with Gasteiger partial charge in [0, 0.05) is 13.1 Å². The zero-order valence-corrected chi connectivity index (χ0v) is 14.9. The van der Waals surface area contributed by atoms with E-state index in [1.165, 1.54) is 0 Å². The topological polar surface area (TPSA) is 68.8 Å². The summed E-state index contributed by atoms with van der Waals surface area (Å²) in [5, 5.41) is 5.74. The molecule has 0 bridgehead atoms. The Kier molecular flexibility index (Phi) is 6.19. The van der Waals surface area contributed by atoms with Gasteiger partial charge in [0.15, 0.2) is 11.5 Å². The summed E-state index contributed by atoms with van der Waals surface area (Å²) in [5.41, 5.74) is 2.26. The third-order valence-corrected chi connectivity index (χ3v) is 4.16. The summed E-state index contributed by atoms with van der Waals surface area (Å²) in [6.07, 6.45) is 1.52. The SMILES string of the molecule is COc1ccc(CCNC(=O)NCCc2ccc3c(c2)OCCO3)cc1. The first-order valence-electron chi connectivity index (χ1n) is 8.78. The summed E-state index contributed by atoms with van der Waals surface area (Å²) >= 11 is 0. The number of amides is 2. The third-order valence-electron chi connectivity index (χ3n) is 4.16. The summed E-state index contributed by atoms with van der Waals surface area (Å²) in [5.74, 6) is 2.39. The van der Waals surface area contributed by atoms with Crippen molar-refractivity contribution in [3.63, 3.8) is 0 Å². The van der Waals surface area contributed by atoms with Crippen LogP contribution in [0, 0.1) is 0 Å². The number of urea groups is 1. The fourth-order valence-electron chi connectivity index (χ4n) is 2.74. The fourth-order valence-corrected chi connectivity index (χ4v) is 2.74. The molecule has 138 valence electrons. The van der Waals surface area contributed by atoms with Crippen molar-refractivity contribution in [2.24, 2.45) is 0 Å². The number of rotatable bonds is 7. The molecular formula is C20H24N2O4. The maximum atomic E-state index is 11.9. The molecular weight excluding hydrogens is 332 g/mol. The van der Waals surface area contributed by atoms with Gasteiger partial charge < -0.3 is 24.8 Å². The van der Waals surface area contributed by atoms with Crippen LogP contribution in [0.25, 0.3) is 0 Å². The highest BCUT2D eigenvalue weighted by Crippen LogP contribution is 2.30. The number of hydrogen-bond acceptors (Lipinski definition) is 4. The van der Waals surface area contributed by atoms with E-state index >= 15 is 0 Å². The zero-order valence-electron chi connectivity index (χ0n) is 14.9. The van der Waals surface area contributed by atoms with Crippen molar-refractivity contribution in [2.45, 2.75) is 12.8 Å². The van der Waals surface area contributed by atoms with E-state index in [0.717, 1.165) is 41.2 Å². The van der Waals surface area contributed by atoms with Gasteiger partial charge in [-0.3, -0.25) is 0 Å². The molecule has 1 aliphatic rings. The number of benzene rings is 2. The van der Waals surface area contributed by atoms with Crippen molar-refractivity contribution < 1.29 is 19.0 Å². The zero-order chi connectivity index (χ0) is 18.2. The molecule has 2 aromatic rings. The second-order valence-corrected chi connectivity index (χ2v) is 6.01. The molecule has 2 aromatic carbocycles. The molecule has 6 heteroatoms. The van der Waals surface area contributed by atoms with E-state index in [9.17, 15) is 4.79 Å². The van der Waals surface area contributed by atoms with E-state index in [1.54, 1.807) is 7.11 Å². The van der Waals surface area contributed by atoms with Crippen LogP contribution in [0.1, 0.15) is 11.1 Å². The normalized spacial score (nSPS) is 12.3. The highest BCUT2D eigenvalue weighted by Gasteiger charge is 2.11. The van der Waals surface area contributed by atoms with Crippen LogP contribution in [0.5, 0.6) is 17.2 Å². The third kappa shape index (κ3) is 5.05. The molecule has 0 fully saturated rings. The van der Waals surface area contributed by atoms with Crippen LogP contribution in [0.15, 0.2) is 42.5 Å². The van der Waals surface area contributed by atoms with E-state index in [0.29, 0.717) is 26.3 Å². The van der Waals surface area contributed by atoms with Gasteiger partial charge in [0.05, 0.1) is 7.11 Å². The van der Waals surface area contributed by atoms with Crippen LogP contribution in [0.2, 0.25) is 0 Å². The largest absolute Gasteiger partial charge is 0.497 e. The van der Waals surface area contributed by atoms with E-state index in [-0.39, 0.29) is 6.03 Å². The first-order chi connectivity index (χ1) is 12.7. The minimum Gasteiger partial charge on any atom is -0.497 e. The van der Waals surface area contributed by atoms with Crippen molar-refractivity contribution in [1.82, 2.24) is 10.6 Å². The second-order valence-electron chi connectivity index (χ2n) is 6.01. The van der Waals surface area contributed by atoms with Gasteiger partial charge in [0.2, 0.25) is 0 Å². The number of hydrogen-bond donors (Lipinski definition) is 2. The van der Waals surface area contributed by atoms with E-state index in [2.05, 4.69) is 10.6 Å². The lowest BCUT2D eigenvalue weighted by Crippen LogP contribution is -2.37. The van der Waals surface area contributed by atoms with E-state index < -0.39 is 0 Å². The van der Waals surface area contributed by atoms with Gasteiger partial charge in [-0.15, -0.1) is 0 Å². The Morgan fingerprint density at radius 2 is 1.54 bits per heavy atom. The molecule has 0 spiro atoms. The number of methoxy groups -OCH3 is 1. The number of carbonyl (C=O) groups is 1. The molecule has 1 aliphatic heterocycles. The average Bonchev–Trinajstić information content (AvgIpc) is 2.68. The standard InChI is InChI=1S/C20H24N2O4/c1-24-17-5-2-15(3-6-17)8-10-21-20(23)22-11-9-16-4-7-18-19(14-16)26-13-12-25-18/h2-7,14H,8-13H2,1H3,(H2,21,22,23). The number of ether oxygens (including phenoxy) is 3. The van der Waals surface area contributed by atoms with Crippen LogP contribution in [-0.4, -0.2) is 39.4 Å². The molecule has 2 N–H and O–H groups in total. The molecule has 0 atom stereocenters. The molecule has 6 nitrogen and oxygen atoms in total. The predicted octanol–water partition coefficient (Wildman–Crippen LogP) is 2.55. The van der Waals surface area contributed by atoms with Crippen molar-refractivity contribution in [3.05, 3.63) is 53.6 Å². The maximum Gasteiger partial charge on any atom is 0.314 e. The van der Waals surface area contributed by atoms with Crippen LogP contribution in [0.3, 0.4) is 0 Å². The fraction of sp³-hybridized carbons (Fsp3) is 0.350. The summed E-state index contributed by atoms with van der Waals surface area (Å²) < 4.78 is 16.2. The Morgan fingerprint density at radius 3 is 2.23 bits per heavy atom. The highest BCUT2D eigenvalue weighted by atomic mass is 16.6. The van der Waals surface area contributed by atoms with Crippen molar-refractivity contribution in [2.75, 3.05) is 33.4 Å². The summed E-state index contributed by atoms with van der Waals surface area (Å²) in [7, 11) is 1.64. The van der Waals surface area contributed by atoms with E-state index in [4.69, 9.17) is 14.2 Å². The lowest BCUT2D eigenvalue weighted by Gasteiger charge is -2.18. The van der Waals surface area contributed by atoms with Crippen molar-refractivity contribution >= 4 is 6.03 Å². The molecule has 0 saturated heterocycles. The molecule has 26 heavy (non-hydrogen) atoms. The van der Waals surface area contributed by atoms with E-state index in [1.807, 2.05) is 42.5 Å². The first kappa shape index (κ1) is 17.9. The van der Waals surface area contributed by atoms with Gasteiger partial charge in [-0.05, 0) is 48.2 Å². The molecule has 0 saturated carbocycles. The van der Waals surface area contributed by atoms with Gasteiger partial charge in [-0.2, -0.15) is 0 Å². The average molecular weight is 356 g/mol.